The van der Waals surface area contributed by atoms with E-state index in [1.54, 1.807) is 6.07 Å². The number of halogens is 1. The first-order chi connectivity index (χ1) is 8.75. The number of ketones is 1. The predicted octanol–water partition coefficient (Wildman–Crippen LogP) is 4.44. The van der Waals surface area contributed by atoms with E-state index in [-0.39, 0.29) is 17.1 Å². The molecule has 0 N–H and O–H groups in total. The number of hydrogen-bond acceptors (Lipinski definition) is 2. The van der Waals surface area contributed by atoms with Crippen LogP contribution in [0.3, 0.4) is 0 Å². The van der Waals surface area contributed by atoms with Crippen molar-refractivity contribution in [1.29, 1.82) is 0 Å². The van der Waals surface area contributed by atoms with Crippen molar-refractivity contribution in [1.82, 2.24) is 0 Å². The monoisotopic (exact) mass is 282 g/mol. The molecule has 0 aromatic heterocycles. The molecule has 0 radical (unpaired) electrons. The van der Waals surface area contributed by atoms with Gasteiger partial charge in [0.15, 0.2) is 5.78 Å². The third kappa shape index (κ3) is 4.54. The topological polar surface area (TPSA) is 26.3 Å². The number of alkyl halides is 1. The van der Waals surface area contributed by atoms with Gasteiger partial charge in [-0.15, -0.1) is 11.6 Å². The SMILES string of the molecule is CC(C)COc1ccc(C(=O)CCl)cc1C(C)(C)C. The lowest BCUT2D eigenvalue weighted by Crippen LogP contribution is -2.16. The average Bonchev–Trinajstić information content (AvgIpc) is 2.34. The summed E-state index contributed by atoms with van der Waals surface area (Å²) >= 11 is 5.61. The van der Waals surface area contributed by atoms with Crippen molar-refractivity contribution in [3.05, 3.63) is 29.3 Å². The van der Waals surface area contributed by atoms with Crippen LogP contribution in [0.4, 0.5) is 0 Å². The van der Waals surface area contributed by atoms with E-state index in [1.165, 1.54) is 0 Å². The largest absolute Gasteiger partial charge is 0.493 e. The van der Waals surface area contributed by atoms with Gasteiger partial charge in [0, 0.05) is 11.1 Å². The lowest BCUT2D eigenvalue weighted by molar-refractivity contribution is 0.102. The van der Waals surface area contributed by atoms with E-state index < -0.39 is 0 Å². The molecule has 1 aromatic rings. The molecule has 19 heavy (non-hydrogen) atoms. The molecule has 3 heteroatoms. The van der Waals surface area contributed by atoms with E-state index >= 15 is 0 Å². The first kappa shape index (κ1) is 16.0. The smallest absolute Gasteiger partial charge is 0.177 e. The second-order valence-corrected chi connectivity index (χ2v) is 6.49. The summed E-state index contributed by atoms with van der Waals surface area (Å²) in [7, 11) is 0. The molecular weight excluding hydrogens is 260 g/mol. The summed E-state index contributed by atoms with van der Waals surface area (Å²) in [6, 6.07) is 5.57. The zero-order valence-corrected chi connectivity index (χ0v) is 13.2. The summed E-state index contributed by atoms with van der Waals surface area (Å²) in [5.41, 5.74) is 1.62. The van der Waals surface area contributed by atoms with Gasteiger partial charge >= 0.3 is 0 Å². The molecule has 0 saturated heterocycles. The molecule has 0 aliphatic carbocycles. The van der Waals surface area contributed by atoms with Gasteiger partial charge in [-0.1, -0.05) is 34.6 Å². The molecule has 106 valence electrons. The summed E-state index contributed by atoms with van der Waals surface area (Å²) in [6.45, 7) is 11.2. The molecule has 0 aliphatic heterocycles. The second-order valence-electron chi connectivity index (χ2n) is 6.22. The third-order valence-electron chi connectivity index (χ3n) is 2.80. The molecule has 0 aliphatic rings. The molecule has 0 atom stereocenters. The van der Waals surface area contributed by atoms with Gasteiger partial charge in [-0.3, -0.25) is 4.79 Å². The maximum Gasteiger partial charge on any atom is 0.177 e. The van der Waals surface area contributed by atoms with Gasteiger partial charge in [0.2, 0.25) is 0 Å². The number of carbonyl (C=O) groups is 1. The maximum atomic E-state index is 11.7. The molecule has 1 rings (SSSR count). The predicted molar refractivity (Wildman–Crippen MR) is 80.5 cm³/mol. The van der Waals surface area contributed by atoms with Crippen LogP contribution in [-0.4, -0.2) is 18.3 Å². The number of benzene rings is 1. The van der Waals surface area contributed by atoms with E-state index in [1.807, 2.05) is 12.1 Å². The summed E-state index contributed by atoms with van der Waals surface area (Å²) in [5, 5.41) is 0. The Kier molecular flexibility index (Phi) is 5.42. The van der Waals surface area contributed by atoms with Crippen LogP contribution in [0, 0.1) is 5.92 Å². The number of carbonyl (C=O) groups excluding carboxylic acids is 1. The molecule has 1 aromatic carbocycles. The molecule has 0 spiro atoms. The number of ether oxygens (including phenoxy) is 1. The summed E-state index contributed by atoms with van der Waals surface area (Å²) in [4.78, 5) is 11.7. The van der Waals surface area contributed by atoms with E-state index in [2.05, 4.69) is 34.6 Å². The van der Waals surface area contributed by atoms with Crippen molar-refractivity contribution in [2.24, 2.45) is 5.92 Å². The van der Waals surface area contributed by atoms with Crippen LogP contribution in [0.25, 0.3) is 0 Å². The van der Waals surface area contributed by atoms with Crippen LogP contribution in [0.5, 0.6) is 5.75 Å². The van der Waals surface area contributed by atoms with Gasteiger partial charge < -0.3 is 4.74 Å². The molecule has 0 bridgehead atoms. The van der Waals surface area contributed by atoms with Gasteiger partial charge in [-0.25, -0.2) is 0 Å². The number of rotatable bonds is 5. The molecular formula is C16H23ClO2. The normalized spacial score (nSPS) is 11.7. The Morgan fingerprint density at radius 3 is 2.42 bits per heavy atom. The van der Waals surface area contributed by atoms with Crippen molar-refractivity contribution in [3.8, 4) is 5.75 Å². The Labute approximate surface area is 121 Å². The quantitative estimate of drug-likeness (QED) is 0.589. The Hall–Kier alpha value is -1.02. The molecule has 0 heterocycles. The van der Waals surface area contributed by atoms with Crippen LogP contribution in [0.2, 0.25) is 0 Å². The van der Waals surface area contributed by atoms with Crippen LogP contribution < -0.4 is 4.74 Å². The Morgan fingerprint density at radius 1 is 1.32 bits per heavy atom. The molecule has 0 unspecified atom stereocenters. The van der Waals surface area contributed by atoms with Gasteiger partial charge in [0.25, 0.3) is 0 Å². The fourth-order valence-corrected chi connectivity index (χ4v) is 1.90. The summed E-state index contributed by atoms with van der Waals surface area (Å²) in [6.07, 6.45) is 0. The lowest BCUT2D eigenvalue weighted by atomic mass is 9.85. The summed E-state index contributed by atoms with van der Waals surface area (Å²) < 4.78 is 5.85. The minimum absolute atomic E-state index is 0.00970. The molecule has 0 fully saturated rings. The van der Waals surface area contributed by atoms with Gasteiger partial charge in [0.1, 0.15) is 5.75 Å². The minimum Gasteiger partial charge on any atom is -0.493 e. The van der Waals surface area contributed by atoms with Crippen molar-refractivity contribution >= 4 is 17.4 Å². The zero-order chi connectivity index (χ0) is 14.6. The van der Waals surface area contributed by atoms with E-state index in [9.17, 15) is 4.79 Å². The Morgan fingerprint density at radius 2 is 1.95 bits per heavy atom. The van der Waals surface area contributed by atoms with Crippen LogP contribution in [0.15, 0.2) is 18.2 Å². The fourth-order valence-electron chi connectivity index (χ4n) is 1.75. The van der Waals surface area contributed by atoms with Crippen molar-refractivity contribution in [3.63, 3.8) is 0 Å². The first-order valence-corrected chi connectivity index (χ1v) is 7.15. The maximum absolute atomic E-state index is 11.7. The van der Waals surface area contributed by atoms with Crippen LogP contribution in [0.1, 0.15) is 50.5 Å². The molecule has 2 nitrogen and oxygen atoms in total. The number of Topliss-reactive ketones (excluding diaryl/α,β-unsaturated/α-hetero) is 1. The molecule has 0 saturated carbocycles. The minimum atomic E-state index is -0.0745. The fraction of sp³-hybridized carbons (Fsp3) is 0.562. The Balaban J connectivity index is 3.14. The standard InChI is InChI=1S/C16H23ClO2/c1-11(2)10-19-15-7-6-12(14(18)9-17)8-13(15)16(3,4)5/h6-8,11H,9-10H2,1-5H3. The van der Waals surface area contributed by atoms with Crippen molar-refractivity contribution in [2.45, 2.75) is 40.0 Å². The first-order valence-electron chi connectivity index (χ1n) is 6.62. The van der Waals surface area contributed by atoms with Gasteiger partial charge in [-0.05, 0) is 29.5 Å². The average molecular weight is 283 g/mol. The zero-order valence-electron chi connectivity index (χ0n) is 12.4. The lowest BCUT2D eigenvalue weighted by Gasteiger charge is -2.24. The van der Waals surface area contributed by atoms with Gasteiger partial charge in [-0.2, -0.15) is 0 Å². The third-order valence-corrected chi connectivity index (χ3v) is 3.05. The van der Waals surface area contributed by atoms with E-state index in [0.29, 0.717) is 18.1 Å². The van der Waals surface area contributed by atoms with Crippen LogP contribution >= 0.6 is 11.6 Å². The Bertz CT molecular complexity index is 445. The van der Waals surface area contributed by atoms with E-state index in [4.69, 9.17) is 16.3 Å². The van der Waals surface area contributed by atoms with Crippen molar-refractivity contribution in [2.75, 3.05) is 12.5 Å². The number of hydrogen-bond donors (Lipinski definition) is 0. The highest BCUT2D eigenvalue weighted by Crippen LogP contribution is 2.32. The highest BCUT2D eigenvalue weighted by molar-refractivity contribution is 6.30. The highest BCUT2D eigenvalue weighted by Gasteiger charge is 2.21. The summed E-state index contributed by atoms with van der Waals surface area (Å²) in [5.74, 6) is 1.28. The molecule has 0 amide bonds. The van der Waals surface area contributed by atoms with Gasteiger partial charge in [0.05, 0.1) is 12.5 Å². The second kappa shape index (κ2) is 6.42. The highest BCUT2D eigenvalue weighted by atomic mass is 35.5. The van der Waals surface area contributed by atoms with E-state index in [0.717, 1.165) is 11.3 Å². The van der Waals surface area contributed by atoms with Crippen molar-refractivity contribution < 1.29 is 9.53 Å². The van der Waals surface area contributed by atoms with Crippen LogP contribution in [-0.2, 0) is 5.41 Å².